The van der Waals surface area contributed by atoms with Gasteiger partial charge < -0.3 is 14.4 Å². The molecule has 0 atom stereocenters. The van der Waals surface area contributed by atoms with Crippen LogP contribution in [-0.2, 0) is 16.2 Å². The van der Waals surface area contributed by atoms with Gasteiger partial charge in [0.1, 0.15) is 0 Å². The summed E-state index contributed by atoms with van der Waals surface area (Å²) in [6.45, 7) is 21.1. The first-order valence-electron chi connectivity index (χ1n) is 42.5. The summed E-state index contributed by atoms with van der Waals surface area (Å²) in [5, 5.41) is 10.3. The third-order valence-corrected chi connectivity index (χ3v) is 25.9. The summed E-state index contributed by atoms with van der Waals surface area (Å²) in [7, 11) is 0. The molecule has 0 saturated carbocycles. The molecule has 0 amide bonds. The summed E-state index contributed by atoms with van der Waals surface area (Å²) in [5.41, 5.74) is 37.8. The molecule has 1 aromatic heterocycles. The van der Waals surface area contributed by atoms with E-state index >= 15 is 0 Å². The van der Waals surface area contributed by atoms with Gasteiger partial charge in [0.25, 0.3) is 6.71 Å². The van der Waals surface area contributed by atoms with Gasteiger partial charge in [0.2, 0.25) is 0 Å². The van der Waals surface area contributed by atoms with Gasteiger partial charge in [0, 0.05) is 61.5 Å². The Morgan fingerprint density at radius 2 is 0.567 bits per heavy atom. The zero-order valence-corrected chi connectivity index (χ0v) is 69.3. The van der Waals surface area contributed by atoms with E-state index < -0.39 is 0 Å². The van der Waals surface area contributed by atoms with Crippen molar-refractivity contribution < 1.29 is 0 Å². The first kappa shape index (κ1) is 72.4. The van der Waals surface area contributed by atoms with Gasteiger partial charge in [-0.15, -0.1) is 0 Å². The van der Waals surface area contributed by atoms with E-state index in [2.05, 4.69) is 459 Å². The number of anilines is 6. The van der Waals surface area contributed by atoms with Crippen LogP contribution in [0, 0.1) is 0 Å². The zero-order chi connectivity index (χ0) is 81.0. The Kier molecular flexibility index (Phi) is 16.8. The van der Waals surface area contributed by atoms with Crippen LogP contribution in [0.1, 0.15) is 79.0 Å². The molecule has 572 valence electrons. The number of benzene rings is 19. The minimum Gasteiger partial charge on any atom is -0.310 e. The normalized spacial score (nSPS) is 12.8. The molecule has 0 bridgehead atoms. The van der Waals surface area contributed by atoms with Crippen molar-refractivity contribution in [1.29, 1.82) is 0 Å². The van der Waals surface area contributed by atoms with E-state index in [1.165, 1.54) is 121 Å². The standard InChI is InChI=1S/C116H90BN3/c1-114(2,3)89-66-88(67-90(69-89)115(4,5)6)83-56-59-101-100(68-83)117-99-58-57-92(118-102-60-54-77-38-26-52-97-98-53-27-39-78-55-61-103(118)110(108(78)98)109(102)107(77)97)72-104(99)120(113-95(86-46-24-42-81(64-86)75-34-18-12-19-35-75)50-29-51-96(113)87-47-25-43-82(65-87)76-36-20-13-21-37-76)106-71-91(116(7,8)9)70-105(111(106)117)119(101)112-93(84-44-22-40-79(62-84)73-30-14-10-15-31-73)48-28-49-94(112)85-45-23-41-80(63-85)74-32-16-11-17-33-74/h10-72H,1-9H3. The number of rotatable bonds is 12. The van der Waals surface area contributed by atoms with Crippen LogP contribution in [0.5, 0.6) is 0 Å². The smallest absolute Gasteiger partial charge is 0.252 e. The lowest BCUT2D eigenvalue weighted by molar-refractivity contribution is 0.569. The van der Waals surface area contributed by atoms with Crippen LogP contribution in [-0.4, -0.2) is 11.3 Å². The van der Waals surface area contributed by atoms with E-state index in [4.69, 9.17) is 0 Å². The van der Waals surface area contributed by atoms with Crippen molar-refractivity contribution >= 4 is 111 Å². The van der Waals surface area contributed by atoms with E-state index in [0.29, 0.717) is 0 Å². The molecule has 4 heteroatoms. The fraction of sp³-hybridized carbons (Fsp3) is 0.103. The minimum atomic E-state index is -0.376. The maximum Gasteiger partial charge on any atom is 0.252 e. The number of hydrogen-bond donors (Lipinski definition) is 0. The highest BCUT2D eigenvalue weighted by Gasteiger charge is 2.47. The number of aromatic nitrogens is 1. The Hall–Kier alpha value is -14.1. The molecule has 0 unspecified atom stereocenters. The molecule has 22 rings (SSSR count). The molecule has 0 fully saturated rings. The van der Waals surface area contributed by atoms with Gasteiger partial charge in [0.05, 0.1) is 22.4 Å². The van der Waals surface area contributed by atoms with Crippen LogP contribution >= 0.6 is 0 Å². The Balaban J connectivity index is 0.904. The number of fused-ring (bicyclic) bond motifs is 5. The molecule has 19 aromatic carbocycles. The molecule has 0 radical (unpaired) electrons. The van der Waals surface area contributed by atoms with Gasteiger partial charge in [0.15, 0.2) is 0 Å². The van der Waals surface area contributed by atoms with Crippen molar-refractivity contribution in [2.75, 3.05) is 9.80 Å². The van der Waals surface area contributed by atoms with Crippen molar-refractivity contribution in [2.24, 2.45) is 0 Å². The largest absolute Gasteiger partial charge is 0.310 e. The van der Waals surface area contributed by atoms with Crippen molar-refractivity contribution in [3.05, 3.63) is 399 Å². The summed E-state index contributed by atoms with van der Waals surface area (Å²) < 4.78 is 2.61. The third kappa shape index (κ3) is 11.9. The second-order valence-electron chi connectivity index (χ2n) is 36.4. The summed E-state index contributed by atoms with van der Waals surface area (Å²) in [4.78, 5) is 5.50. The van der Waals surface area contributed by atoms with Gasteiger partial charge >= 0.3 is 0 Å². The third-order valence-electron chi connectivity index (χ3n) is 25.9. The number of nitrogens with zero attached hydrogens (tertiary/aromatic N) is 3. The molecule has 2 aliphatic rings. The maximum absolute atomic E-state index is 2.76. The van der Waals surface area contributed by atoms with Gasteiger partial charge in [-0.3, -0.25) is 0 Å². The van der Waals surface area contributed by atoms with Crippen molar-refractivity contribution in [1.82, 2.24) is 4.57 Å². The van der Waals surface area contributed by atoms with Crippen LogP contribution in [0.25, 0.3) is 160 Å². The Morgan fingerprint density at radius 3 is 0.967 bits per heavy atom. The topological polar surface area (TPSA) is 11.4 Å². The summed E-state index contributed by atoms with van der Waals surface area (Å²) in [6, 6.07) is 146. The van der Waals surface area contributed by atoms with Crippen LogP contribution in [0.3, 0.4) is 0 Å². The van der Waals surface area contributed by atoms with E-state index in [9.17, 15) is 0 Å². The molecule has 3 heterocycles. The highest BCUT2D eigenvalue weighted by atomic mass is 15.2. The van der Waals surface area contributed by atoms with Gasteiger partial charge in [-0.05, 0) is 226 Å². The molecule has 0 aliphatic carbocycles. The molecule has 20 aromatic rings. The van der Waals surface area contributed by atoms with E-state index in [0.717, 1.165) is 107 Å². The van der Waals surface area contributed by atoms with Crippen molar-refractivity contribution in [2.45, 2.75) is 78.6 Å². The van der Waals surface area contributed by atoms with Crippen LogP contribution < -0.4 is 26.2 Å². The quantitative estimate of drug-likeness (QED) is 0.0686. The average Bonchev–Trinajstić information content (AvgIpc) is 0.891. The molecule has 2 aliphatic heterocycles. The Bertz CT molecular complexity index is 7120. The predicted octanol–water partition coefficient (Wildman–Crippen LogP) is 30.1. The minimum absolute atomic E-state index is 0.126. The average molecular weight is 1540 g/mol. The van der Waals surface area contributed by atoms with E-state index in [-0.39, 0.29) is 23.0 Å². The first-order valence-corrected chi connectivity index (χ1v) is 42.5. The van der Waals surface area contributed by atoms with Crippen LogP contribution in [0.2, 0.25) is 0 Å². The van der Waals surface area contributed by atoms with E-state index in [1.54, 1.807) is 0 Å². The van der Waals surface area contributed by atoms with Gasteiger partial charge in [-0.1, -0.05) is 378 Å². The lowest BCUT2D eigenvalue weighted by atomic mass is 9.33. The summed E-state index contributed by atoms with van der Waals surface area (Å²) >= 11 is 0. The Morgan fingerprint density at radius 1 is 0.217 bits per heavy atom. The lowest BCUT2D eigenvalue weighted by Gasteiger charge is -2.46. The molecule has 0 spiro atoms. The zero-order valence-electron chi connectivity index (χ0n) is 69.3. The highest BCUT2D eigenvalue weighted by molar-refractivity contribution is 7.00. The predicted molar refractivity (Wildman–Crippen MR) is 515 cm³/mol. The second kappa shape index (κ2) is 27.8. The van der Waals surface area contributed by atoms with Crippen LogP contribution in [0.15, 0.2) is 382 Å². The fourth-order valence-electron chi connectivity index (χ4n) is 19.8. The molecule has 120 heavy (non-hydrogen) atoms. The number of hydrogen-bond acceptors (Lipinski definition) is 2. The number of para-hydroxylation sites is 2. The lowest BCUT2D eigenvalue weighted by Crippen LogP contribution is -2.61. The molecule has 0 N–H and O–H groups in total. The highest BCUT2D eigenvalue weighted by Crippen LogP contribution is 2.56. The monoisotopic (exact) mass is 1540 g/mol. The second-order valence-corrected chi connectivity index (χ2v) is 36.4. The van der Waals surface area contributed by atoms with Crippen molar-refractivity contribution in [3.8, 4) is 106 Å². The maximum atomic E-state index is 2.76. The summed E-state index contributed by atoms with van der Waals surface area (Å²) in [5.74, 6) is 0. The van der Waals surface area contributed by atoms with Gasteiger partial charge in [-0.2, -0.15) is 0 Å². The summed E-state index contributed by atoms with van der Waals surface area (Å²) in [6.07, 6.45) is 0. The van der Waals surface area contributed by atoms with E-state index in [1.807, 2.05) is 0 Å². The molecule has 0 saturated heterocycles. The first-order chi connectivity index (χ1) is 58.4. The SMILES string of the molecule is CC(C)(C)c1cc(-c2ccc3c(c2)B2c4ccc(-n5c6ccc7cccc8c9cccc%10ccc5c(c%109)c6c78)cc4N(c4c(-c5cccc(-c6ccccc6)c5)cccc4-c4cccc(-c5ccccc5)c4)c4cc(C(C)(C)C)cc(c42)N3c2c(-c3cccc(-c4ccccc4)c3)cccc2-c2cccc(-c3ccccc3)c2)cc(C(C)(C)C)c1. The molecular formula is C116H90BN3. The molecule has 3 nitrogen and oxygen atoms in total. The van der Waals surface area contributed by atoms with Gasteiger partial charge in [-0.25, -0.2) is 0 Å². The fourth-order valence-corrected chi connectivity index (χ4v) is 19.8. The van der Waals surface area contributed by atoms with Crippen LogP contribution in [0.4, 0.5) is 34.1 Å². The van der Waals surface area contributed by atoms with Crippen molar-refractivity contribution in [3.63, 3.8) is 0 Å². The Labute approximate surface area is 704 Å². The molecular weight excluding hydrogens is 1450 g/mol.